The summed E-state index contributed by atoms with van der Waals surface area (Å²) in [6.45, 7) is 1.33. The molecule has 0 bridgehead atoms. The molecule has 4 amide bonds. The van der Waals surface area contributed by atoms with E-state index in [1.54, 1.807) is 24.3 Å². The molecule has 1 atom stereocenters. The lowest BCUT2D eigenvalue weighted by atomic mass is 9.92. The number of hydrogen-bond donors (Lipinski definition) is 1. The summed E-state index contributed by atoms with van der Waals surface area (Å²) in [4.78, 5) is 52.1. The molecule has 172 valence electrons. The van der Waals surface area contributed by atoms with Gasteiger partial charge in [0, 0.05) is 17.8 Å². The quantitative estimate of drug-likeness (QED) is 0.330. The summed E-state index contributed by atoms with van der Waals surface area (Å²) in [7, 11) is 0. The van der Waals surface area contributed by atoms with Crippen LogP contribution in [0.25, 0.3) is 0 Å². The summed E-state index contributed by atoms with van der Waals surface area (Å²) in [6.07, 6.45) is 0. The predicted octanol–water partition coefficient (Wildman–Crippen LogP) is 3.60. The minimum atomic E-state index is -1.44. The van der Waals surface area contributed by atoms with Gasteiger partial charge in [0.2, 0.25) is 5.91 Å². The van der Waals surface area contributed by atoms with Crippen LogP contribution in [-0.4, -0.2) is 34.2 Å². The molecule has 4 rings (SSSR count). The average molecular weight is 458 g/mol. The number of para-hydroxylation sites is 1. The highest BCUT2D eigenvalue weighted by Gasteiger charge is 2.49. The number of carbonyl (C=O) groups is 3. The van der Waals surface area contributed by atoms with Crippen molar-refractivity contribution in [2.24, 2.45) is 0 Å². The molecule has 3 aromatic rings. The summed E-state index contributed by atoms with van der Waals surface area (Å²) < 4.78 is 0. The van der Waals surface area contributed by atoms with Crippen LogP contribution in [0, 0.1) is 10.1 Å². The number of hydrogen-bond acceptors (Lipinski definition) is 5. The van der Waals surface area contributed by atoms with Gasteiger partial charge in [-0.25, -0.2) is 4.79 Å². The second-order valence-electron chi connectivity index (χ2n) is 8.05. The molecular formula is C25H22N4O5. The van der Waals surface area contributed by atoms with E-state index in [0.717, 1.165) is 10.5 Å². The number of non-ortho nitro benzene ring substituents is 1. The molecule has 0 spiro atoms. The van der Waals surface area contributed by atoms with E-state index < -0.39 is 34.9 Å². The largest absolute Gasteiger partial charge is 0.325 e. The standard InChI is InChI=1S/C25H22N4O5/c1-25(19-12-14-21(15-13-19)29(33)34)23(31)28(24(32)26-25)17-22(30)27(20-10-6-3-7-11-20)16-18-8-4-2-5-9-18/h2-15H,16-17H2,1H3,(H,26,32). The van der Waals surface area contributed by atoms with Crippen LogP contribution in [0.5, 0.6) is 0 Å². The van der Waals surface area contributed by atoms with Crippen LogP contribution >= 0.6 is 0 Å². The molecule has 9 heteroatoms. The zero-order chi connectivity index (χ0) is 24.3. The van der Waals surface area contributed by atoms with Crippen molar-refractivity contribution in [3.05, 3.63) is 106 Å². The van der Waals surface area contributed by atoms with E-state index in [0.29, 0.717) is 11.3 Å². The Hall–Kier alpha value is -4.53. The fourth-order valence-electron chi connectivity index (χ4n) is 3.87. The summed E-state index contributed by atoms with van der Waals surface area (Å²) in [6, 6.07) is 23.1. The van der Waals surface area contributed by atoms with Gasteiger partial charge in [-0.05, 0) is 42.3 Å². The van der Waals surface area contributed by atoms with Crippen LogP contribution in [0.2, 0.25) is 0 Å². The fourth-order valence-corrected chi connectivity index (χ4v) is 3.87. The second kappa shape index (κ2) is 9.14. The minimum Gasteiger partial charge on any atom is -0.319 e. The third-order valence-electron chi connectivity index (χ3n) is 5.78. The molecule has 1 aliphatic rings. The van der Waals surface area contributed by atoms with Gasteiger partial charge in [0.05, 0.1) is 11.5 Å². The van der Waals surface area contributed by atoms with E-state index in [-0.39, 0.29) is 12.2 Å². The maximum absolute atomic E-state index is 13.3. The first kappa shape index (κ1) is 22.7. The van der Waals surface area contributed by atoms with Crippen molar-refractivity contribution in [3.8, 4) is 0 Å². The van der Waals surface area contributed by atoms with Crippen LogP contribution in [0.4, 0.5) is 16.2 Å². The number of rotatable bonds is 7. The maximum Gasteiger partial charge on any atom is 0.325 e. The summed E-state index contributed by atoms with van der Waals surface area (Å²) in [5.74, 6) is -1.03. The Morgan fingerprint density at radius 2 is 1.56 bits per heavy atom. The first-order chi connectivity index (χ1) is 16.3. The van der Waals surface area contributed by atoms with Gasteiger partial charge in [-0.3, -0.25) is 24.6 Å². The average Bonchev–Trinajstić information content (AvgIpc) is 3.07. The summed E-state index contributed by atoms with van der Waals surface area (Å²) >= 11 is 0. The number of nitrogens with zero attached hydrogens (tertiary/aromatic N) is 3. The molecule has 9 nitrogen and oxygen atoms in total. The normalized spacial score (nSPS) is 17.4. The van der Waals surface area contributed by atoms with E-state index in [1.807, 2.05) is 36.4 Å². The van der Waals surface area contributed by atoms with Crippen LogP contribution in [0.15, 0.2) is 84.9 Å². The Morgan fingerprint density at radius 1 is 0.971 bits per heavy atom. The number of amides is 4. The molecule has 1 N–H and O–H groups in total. The zero-order valence-electron chi connectivity index (χ0n) is 18.4. The van der Waals surface area contributed by atoms with Gasteiger partial charge in [-0.15, -0.1) is 0 Å². The molecule has 0 saturated carbocycles. The highest BCUT2D eigenvalue weighted by Crippen LogP contribution is 2.30. The predicted molar refractivity (Wildman–Crippen MR) is 125 cm³/mol. The Kier molecular flexibility index (Phi) is 6.09. The van der Waals surface area contributed by atoms with Gasteiger partial charge >= 0.3 is 6.03 Å². The number of nitrogens with one attached hydrogen (secondary N) is 1. The number of imide groups is 1. The van der Waals surface area contributed by atoms with Crippen LogP contribution in [-0.2, 0) is 21.7 Å². The molecular weight excluding hydrogens is 436 g/mol. The molecule has 1 unspecified atom stereocenters. The number of nitro benzene ring substituents is 1. The highest BCUT2D eigenvalue weighted by atomic mass is 16.6. The van der Waals surface area contributed by atoms with Gasteiger partial charge < -0.3 is 10.2 Å². The van der Waals surface area contributed by atoms with Crippen molar-refractivity contribution in [2.45, 2.75) is 19.0 Å². The van der Waals surface area contributed by atoms with Crippen molar-refractivity contribution in [1.29, 1.82) is 0 Å². The Labute approximate surface area is 195 Å². The van der Waals surface area contributed by atoms with Gasteiger partial charge in [0.25, 0.3) is 11.6 Å². The third-order valence-corrected chi connectivity index (χ3v) is 5.78. The molecule has 34 heavy (non-hydrogen) atoms. The fraction of sp³-hybridized carbons (Fsp3) is 0.160. The van der Waals surface area contributed by atoms with Gasteiger partial charge in [0.15, 0.2) is 0 Å². The SMILES string of the molecule is CC1(c2ccc([N+](=O)[O-])cc2)NC(=O)N(CC(=O)N(Cc2ccccc2)c2ccccc2)C1=O. The molecule has 0 radical (unpaired) electrons. The van der Waals surface area contributed by atoms with Gasteiger partial charge in [-0.2, -0.15) is 0 Å². The molecule has 1 aliphatic heterocycles. The van der Waals surface area contributed by atoms with Crippen molar-refractivity contribution in [3.63, 3.8) is 0 Å². The van der Waals surface area contributed by atoms with Crippen molar-refractivity contribution in [1.82, 2.24) is 10.2 Å². The zero-order valence-corrected chi connectivity index (χ0v) is 18.4. The van der Waals surface area contributed by atoms with E-state index in [2.05, 4.69) is 5.32 Å². The lowest BCUT2D eigenvalue weighted by Gasteiger charge is -2.26. The third kappa shape index (κ3) is 4.36. The highest BCUT2D eigenvalue weighted by molar-refractivity contribution is 6.10. The Morgan fingerprint density at radius 3 is 2.15 bits per heavy atom. The summed E-state index contributed by atoms with van der Waals surface area (Å²) in [5.41, 5.74) is 0.351. The molecule has 1 heterocycles. The lowest BCUT2D eigenvalue weighted by Crippen LogP contribution is -2.44. The molecule has 0 aliphatic carbocycles. The summed E-state index contributed by atoms with van der Waals surface area (Å²) in [5, 5.41) is 13.6. The van der Waals surface area contributed by atoms with Crippen LogP contribution in [0.3, 0.4) is 0 Å². The smallest absolute Gasteiger partial charge is 0.319 e. The first-order valence-corrected chi connectivity index (χ1v) is 10.6. The number of nitro groups is 1. The van der Waals surface area contributed by atoms with Crippen molar-refractivity contribution >= 4 is 29.2 Å². The number of anilines is 1. The number of benzene rings is 3. The van der Waals surface area contributed by atoms with E-state index in [4.69, 9.17) is 0 Å². The lowest BCUT2D eigenvalue weighted by molar-refractivity contribution is -0.384. The van der Waals surface area contributed by atoms with Crippen LogP contribution < -0.4 is 10.2 Å². The maximum atomic E-state index is 13.3. The molecule has 1 saturated heterocycles. The second-order valence-corrected chi connectivity index (χ2v) is 8.05. The molecule has 3 aromatic carbocycles. The topological polar surface area (TPSA) is 113 Å². The number of carbonyl (C=O) groups excluding carboxylic acids is 3. The monoisotopic (exact) mass is 458 g/mol. The van der Waals surface area contributed by atoms with E-state index in [1.165, 1.54) is 36.1 Å². The Balaban J connectivity index is 1.57. The van der Waals surface area contributed by atoms with Gasteiger partial charge in [0.1, 0.15) is 12.1 Å². The van der Waals surface area contributed by atoms with E-state index in [9.17, 15) is 24.5 Å². The number of urea groups is 1. The Bertz CT molecular complexity index is 1230. The van der Waals surface area contributed by atoms with Crippen molar-refractivity contribution < 1.29 is 19.3 Å². The van der Waals surface area contributed by atoms with Crippen molar-refractivity contribution in [2.75, 3.05) is 11.4 Å². The van der Waals surface area contributed by atoms with E-state index >= 15 is 0 Å². The molecule has 1 fully saturated rings. The first-order valence-electron chi connectivity index (χ1n) is 10.6. The van der Waals surface area contributed by atoms with Crippen LogP contribution in [0.1, 0.15) is 18.1 Å². The molecule has 0 aromatic heterocycles. The minimum absolute atomic E-state index is 0.129. The van der Waals surface area contributed by atoms with Gasteiger partial charge in [-0.1, -0.05) is 48.5 Å².